The summed E-state index contributed by atoms with van der Waals surface area (Å²) >= 11 is 6.32. The monoisotopic (exact) mass is 278 g/mol. The second-order valence-corrected chi connectivity index (χ2v) is 5.07. The van der Waals surface area contributed by atoms with Gasteiger partial charge in [-0.3, -0.25) is 9.67 Å². The van der Waals surface area contributed by atoms with E-state index in [9.17, 15) is 0 Å². The molecule has 1 unspecified atom stereocenters. The van der Waals surface area contributed by atoms with Crippen LogP contribution >= 0.6 is 11.6 Å². The van der Waals surface area contributed by atoms with Gasteiger partial charge in [-0.15, -0.1) is 0 Å². The molecule has 0 saturated carbocycles. The maximum absolute atomic E-state index is 6.32. The largest absolute Gasteiger partial charge is 0.304 e. The molecule has 1 atom stereocenters. The number of halogens is 1. The van der Waals surface area contributed by atoms with Gasteiger partial charge in [-0.2, -0.15) is 5.10 Å². The van der Waals surface area contributed by atoms with Crippen molar-refractivity contribution in [2.75, 3.05) is 6.54 Å². The highest BCUT2D eigenvalue weighted by atomic mass is 35.5. The molecule has 0 aliphatic carbocycles. The topological polar surface area (TPSA) is 42.7 Å². The van der Waals surface area contributed by atoms with E-state index in [1.807, 2.05) is 22.9 Å². The van der Waals surface area contributed by atoms with Crippen LogP contribution in [0.25, 0.3) is 0 Å². The quantitative estimate of drug-likeness (QED) is 0.913. The Morgan fingerprint density at radius 1 is 1.37 bits per heavy atom. The van der Waals surface area contributed by atoms with Gasteiger partial charge in [0, 0.05) is 12.2 Å². The molecule has 2 aromatic rings. The molecule has 2 heterocycles. The second kappa shape index (κ2) is 6.17. The average Bonchev–Trinajstić information content (AvgIpc) is 2.79. The van der Waals surface area contributed by atoms with Crippen LogP contribution in [0.3, 0.4) is 0 Å². The number of rotatable bonds is 5. The third-order valence-electron chi connectivity index (χ3n) is 2.94. The van der Waals surface area contributed by atoms with Crippen molar-refractivity contribution in [1.82, 2.24) is 20.1 Å². The van der Waals surface area contributed by atoms with Crippen molar-refractivity contribution in [2.24, 2.45) is 0 Å². The van der Waals surface area contributed by atoms with Gasteiger partial charge in [-0.05, 0) is 32.5 Å². The number of hydrogen-bond donors (Lipinski definition) is 1. The van der Waals surface area contributed by atoms with Crippen LogP contribution in [-0.2, 0) is 0 Å². The van der Waals surface area contributed by atoms with Gasteiger partial charge in [0.2, 0.25) is 0 Å². The van der Waals surface area contributed by atoms with E-state index in [0.29, 0.717) is 5.02 Å². The second-order valence-electron chi connectivity index (χ2n) is 4.66. The lowest BCUT2D eigenvalue weighted by Crippen LogP contribution is -2.26. The molecular weight excluding hydrogens is 260 g/mol. The molecule has 1 N–H and O–H groups in total. The van der Waals surface area contributed by atoms with Crippen molar-refractivity contribution in [1.29, 1.82) is 0 Å². The Balaban J connectivity index is 2.48. The summed E-state index contributed by atoms with van der Waals surface area (Å²) in [5.74, 6) is 0. The molecule has 0 aliphatic heterocycles. The van der Waals surface area contributed by atoms with E-state index >= 15 is 0 Å². The Bertz CT molecular complexity index is 521. The molecule has 0 amide bonds. The van der Waals surface area contributed by atoms with Gasteiger partial charge in [-0.1, -0.05) is 24.6 Å². The summed E-state index contributed by atoms with van der Waals surface area (Å²) in [6.07, 6.45) is 3.49. The fourth-order valence-corrected chi connectivity index (χ4v) is 2.36. The molecule has 0 spiro atoms. The molecule has 2 aromatic heterocycles. The summed E-state index contributed by atoms with van der Waals surface area (Å²) in [7, 11) is 0. The van der Waals surface area contributed by atoms with E-state index in [-0.39, 0.29) is 12.1 Å². The molecular formula is C14H19ClN4. The summed E-state index contributed by atoms with van der Waals surface area (Å²) < 4.78 is 1.95. The summed E-state index contributed by atoms with van der Waals surface area (Å²) in [4.78, 5) is 4.43. The first-order valence-electron chi connectivity index (χ1n) is 6.52. The Labute approximate surface area is 118 Å². The van der Waals surface area contributed by atoms with Crippen molar-refractivity contribution in [3.8, 4) is 0 Å². The highest BCUT2D eigenvalue weighted by Gasteiger charge is 2.23. The zero-order valence-electron chi connectivity index (χ0n) is 11.5. The number of aromatic nitrogens is 3. The molecule has 0 aromatic carbocycles. The maximum Gasteiger partial charge on any atom is 0.0937 e. The Hall–Kier alpha value is -1.39. The van der Waals surface area contributed by atoms with Crippen LogP contribution in [0.5, 0.6) is 0 Å². The van der Waals surface area contributed by atoms with E-state index < -0.39 is 0 Å². The minimum atomic E-state index is -0.0383. The first kappa shape index (κ1) is 14.0. The number of nitrogens with zero attached hydrogens (tertiary/aromatic N) is 3. The van der Waals surface area contributed by atoms with Crippen LogP contribution in [0.2, 0.25) is 5.02 Å². The van der Waals surface area contributed by atoms with Crippen molar-refractivity contribution >= 4 is 11.6 Å². The summed E-state index contributed by atoms with van der Waals surface area (Å²) in [6.45, 7) is 7.09. The smallest absolute Gasteiger partial charge is 0.0937 e. The van der Waals surface area contributed by atoms with Crippen LogP contribution in [0, 0.1) is 0 Å². The molecule has 0 saturated heterocycles. The average molecular weight is 279 g/mol. The first-order chi connectivity index (χ1) is 9.15. The van der Waals surface area contributed by atoms with Crippen LogP contribution in [-0.4, -0.2) is 21.3 Å². The van der Waals surface area contributed by atoms with Crippen LogP contribution < -0.4 is 5.32 Å². The lowest BCUT2D eigenvalue weighted by molar-refractivity contribution is 0.473. The van der Waals surface area contributed by atoms with E-state index in [0.717, 1.165) is 17.9 Å². The lowest BCUT2D eigenvalue weighted by atomic mass is 10.1. The summed E-state index contributed by atoms with van der Waals surface area (Å²) in [5.41, 5.74) is 1.92. The predicted octanol–water partition coefficient (Wildman–Crippen LogP) is 3.21. The highest BCUT2D eigenvalue weighted by molar-refractivity contribution is 6.31. The van der Waals surface area contributed by atoms with Crippen molar-refractivity contribution in [3.63, 3.8) is 0 Å². The predicted molar refractivity (Wildman–Crippen MR) is 77.4 cm³/mol. The molecule has 0 bridgehead atoms. The van der Waals surface area contributed by atoms with Gasteiger partial charge in [0.25, 0.3) is 0 Å². The van der Waals surface area contributed by atoms with Crippen molar-refractivity contribution in [2.45, 2.75) is 32.9 Å². The minimum absolute atomic E-state index is 0.0383. The minimum Gasteiger partial charge on any atom is -0.304 e. The summed E-state index contributed by atoms with van der Waals surface area (Å²) in [5, 5.41) is 8.46. The third-order valence-corrected chi connectivity index (χ3v) is 3.23. The van der Waals surface area contributed by atoms with Crippen LogP contribution in [0.15, 0.2) is 30.6 Å². The van der Waals surface area contributed by atoms with E-state index in [1.165, 1.54) is 0 Å². The van der Waals surface area contributed by atoms with Gasteiger partial charge >= 0.3 is 0 Å². The molecule has 0 radical (unpaired) electrons. The lowest BCUT2D eigenvalue weighted by Gasteiger charge is -2.21. The van der Waals surface area contributed by atoms with E-state index in [2.05, 4.69) is 36.2 Å². The summed E-state index contributed by atoms with van der Waals surface area (Å²) in [6, 6.07) is 6.11. The molecule has 2 rings (SSSR count). The van der Waals surface area contributed by atoms with Crippen LogP contribution in [0.4, 0.5) is 0 Å². The fraction of sp³-hybridized carbons (Fsp3) is 0.429. The van der Waals surface area contributed by atoms with Gasteiger partial charge in [0.1, 0.15) is 0 Å². The zero-order valence-corrected chi connectivity index (χ0v) is 12.2. The standard InChI is InChI=1S/C14H19ClN4/c1-4-16-13(12-7-5-6-8-17-12)14-11(15)9-18-19(14)10(2)3/h5-10,13,16H,4H2,1-3H3. The Morgan fingerprint density at radius 2 is 2.16 bits per heavy atom. The van der Waals surface area contributed by atoms with Gasteiger partial charge < -0.3 is 5.32 Å². The number of hydrogen-bond acceptors (Lipinski definition) is 3. The number of nitrogens with one attached hydrogen (secondary N) is 1. The van der Waals surface area contributed by atoms with Crippen LogP contribution in [0.1, 0.15) is 44.2 Å². The van der Waals surface area contributed by atoms with Crippen molar-refractivity contribution < 1.29 is 0 Å². The SMILES string of the molecule is CCNC(c1ccccn1)c1c(Cl)cnn1C(C)C. The molecule has 0 fully saturated rings. The Morgan fingerprint density at radius 3 is 2.74 bits per heavy atom. The normalized spacial score (nSPS) is 12.9. The highest BCUT2D eigenvalue weighted by Crippen LogP contribution is 2.29. The Kier molecular flexibility index (Phi) is 4.56. The van der Waals surface area contributed by atoms with Gasteiger partial charge in [0.05, 0.1) is 28.6 Å². The van der Waals surface area contributed by atoms with E-state index in [4.69, 9.17) is 11.6 Å². The fourth-order valence-electron chi connectivity index (χ4n) is 2.12. The molecule has 4 nitrogen and oxygen atoms in total. The number of pyridine rings is 1. The molecule has 102 valence electrons. The molecule has 19 heavy (non-hydrogen) atoms. The molecule has 0 aliphatic rings. The maximum atomic E-state index is 6.32. The third kappa shape index (κ3) is 2.96. The first-order valence-corrected chi connectivity index (χ1v) is 6.90. The van der Waals surface area contributed by atoms with Gasteiger partial charge in [-0.25, -0.2) is 0 Å². The zero-order chi connectivity index (χ0) is 13.8. The van der Waals surface area contributed by atoms with E-state index in [1.54, 1.807) is 12.4 Å². The van der Waals surface area contributed by atoms with Gasteiger partial charge in [0.15, 0.2) is 0 Å². The molecule has 5 heteroatoms. The van der Waals surface area contributed by atoms with Crippen molar-refractivity contribution in [3.05, 3.63) is 47.0 Å².